The normalized spacial score (nSPS) is 21.2. The third-order valence-electron chi connectivity index (χ3n) is 11.0. The van der Waals surface area contributed by atoms with Crippen molar-refractivity contribution in [2.45, 2.75) is 77.7 Å². The zero-order valence-corrected chi connectivity index (χ0v) is 33.9. The summed E-state index contributed by atoms with van der Waals surface area (Å²) in [7, 11) is 0. The zero-order chi connectivity index (χ0) is 41.4. The van der Waals surface area contributed by atoms with Crippen LogP contribution in [-0.4, -0.2) is 105 Å². The molecule has 0 radical (unpaired) electrons. The van der Waals surface area contributed by atoms with Gasteiger partial charge in [-0.1, -0.05) is 35.9 Å². The number of anilines is 2. The van der Waals surface area contributed by atoms with Crippen molar-refractivity contribution in [3.63, 3.8) is 0 Å². The average Bonchev–Trinajstić information content (AvgIpc) is 3.63. The smallest absolute Gasteiger partial charge is 0.244 e. The molecule has 2 fully saturated rings. The molecule has 2 aromatic carbocycles. The molecule has 0 saturated carbocycles. The first-order valence-electron chi connectivity index (χ1n) is 19.1. The van der Waals surface area contributed by atoms with Gasteiger partial charge in [0, 0.05) is 84.3 Å². The maximum absolute atomic E-state index is 13.5. The van der Waals surface area contributed by atoms with Crippen LogP contribution < -0.4 is 21.0 Å². The maximum Gasteiger partial charge on any atom is 0.244 e. The van der Waals surface area contributed by atoms with Gasteiger partial charge in [-0.15, -0.1) is 11.3 Å². The first kappa shape index (κ1) is 40.9. The van der Waals surface area contributed by atoms with Crippen molar-refractivity contribution in [3.8, 4) is 0 Å². The number of aryl methyl sites for hydroxylation is 1. The SMILES string of the molecule is CC(=N)N1C(=N)[C@H](CC(=O)NN2CCN(C(=O)CCC(=O)Nc3cccc4c3CN(C3CCC(=O)NC3=O)C4O)CC2)N=C(c2ccc(Cl)cc2)c2c1sc(C)c2C. The number of aliphatic imine (C=N–C) groups is 1. The number of fused-ring (bicyclic) bond motifs is 2. The first-order valence-corrected chi connectivity index (χ1v) is 20.3. The third kappa shape index (κ3) is 8.31. The van der Waals surface area contributed by atoms with Crippen LogP contribution in [0, 0.1) is 24.7 Å². The topological polar surface area (TPSA) is 215 Å². The summed E-state index contributed by atoms with van der Waals surface area (Å²) >= 11 is 7.68. The van der Waals surface area contributed by atoms with E-state index in [1.807, 2.05) is 26.0 Å². The minimum absolute atomic E-state index is 0.0244. The lowest BCUT2D eigenvalue weighted by molar-refractivity contribution is -0.142. The van der Waals surface area contributed by atoms with Gasteiger partial charge in [0.15, 0.2) is 0 Å². The molecule has 304 valence electrons. The monoisotopic (exact) mass is 828 g/mol. The largest absolute Gasteiger partial charge is 0.374 e. The molecule has 0 bridgehead atoms. The fourth-order valence-corrected chi connectivity index (χ4v) is 9.16. The molecule has 0 spiro atoms. The molecule has 7 rings (SSSR count). The lowest BCUT2D eigenvalue weighted by Gasteiger charge is -2.35. The molecule has 3 aromatic rings. The number of carbonyl (C=O) groups is 5. The van der Waals surface area contributed by atoms with Gasteiger partial charge < -0.3 is 15.3 Å². The van der Waals surface area contributed by atoms with Crippen molar-refractivity contribution in [1.82, 2.24) is 25.6 Å². The van der Waals surface area contributed by atoms with Crippen molar-refractivity contribution in [3.05, 3.63) is 80.2 Å². The quantitative estimate of drug-likeness (QED) is 0.105. The lowest BCUT2D eigenvalue weighted by atomic mass is 9.99. The van der Waals surface area contributed by atoms with Crippen molar-refractivity contribution in [2.24, 2.45) is 4.99 Å². The number of aliphatic hydroxyl groups excluding tert-OH is 1. The summed E-state index contributed by atoms with van der Waals surface area (Å²) in [6.45, 7) is 7.18. The number of hydrogen-bond donors (Lipinski definition) is 6. The Labute approximate surface area is 344 Å². The Hall–Kier alpha value is -5.33. The Morgan fingerprint density at radius 3 is 2.45 bits per heavy atom. The van der Waals surface area contributed by atoms with Gasteiger partial charge in [0.2, 0.25) is 29.5 Å². The Balaban J connectivity index is 0.923. The molecule has 0 aliphatic carbocycles. The average molecular weight is 829 g/mol. The fraction of sp³-hybridized carbons (Fsp3) is 0.400. The van der Waals surface area contributed by atoms with Crippen molar-refractivity contribution in [1.29, 1.82) is 10.8 Å². The second kappa shape index (κ2) is 16.9. The number of piperidine rings is 1. The van der Waals surface area contributed by atoms with Crippen LogP contribution in [0.25, 0.3) is 0 Å². The number of nitrogens with one attached hydrogen (secondary N) is 5. The van der Waals surface area contributed by atoms with E-state index >= 15 is 0 Å². The highest BCUT2D eigenvalue weighted by molar-refractivity contribution is 7.17. The van der Waals surface area contributed by atoms with Crippen LogP contribution in [0.5, 0.6) is 0 Å². The summed E-state index contributed by atoms with van der Waals surface area (Å²) < 4.78 is 0. The number of amides is 5. The number of imide groups is 1. The highest BCUT2D eigenvalue weighted by atomic mass is 35.5. The molecule has 5 heterocycles. The van der Waals surface area contributed by atoms with Crippen LogP contribution in [0.4, 0.5) is 10.7 Å². The van der Waals surface area contributed by atoms with E-state index < -0.39 is 24.2 Å². The minimum atomic E-state index is -1.07. The molecule has 5 amide bonds. The van der Waals surface area contributed by atoms with Gasteiger partial charge in [-0.25, -0.2) is 5.01 Å². The van der Waals surface area contributed by atoms with Gasteiger partial charge in [-0.05, 0) is 56.5 Å². The highest BCUT2D eigenvalue weighted by Gasteiger charge is 2.41. The van der Waals surface area contributed by atoms with Crippen molar-refractivity contribution < 1.29 is 29.1 Å². The molecule has 18 heteroatoms. The second-order valence-corrected chi connectivity index (χ2v) is 16.5. The maximum atomic E-state index is 13.5. The number of piperazine rings is 1. The van der Waals surface area contributed by atoms with E-state index in [4.69, 9.17) is 27.4 Å². The number of hydrogen-bond acceptors (Lipinski definition) is 12. The van der Waals surface area contributed by atoms with Crippen LogP contribution in [-0.2, 0) is 30.5 Å². The standard InChI is InChI=1S/C40H45ClN10O6S/c1-21-22(2)58-40-35(21)36(24-7-9-25(41)10-8-24)45-29(37(43)51(40)23(3)42)19-33(54)47-49-17-15-48(16-18-49)34(55)14-13-31(52)44-28-6-4-5-26-27(28)20-50(39(26)57)30-11-12-32(53)46-38(30)56/h4-10,29-30,39,42-43,57H,11-20H2,1-3H3,(H,44,52)(H,47,54)(H,46,53,56)/t29-,30?,39?/m0/s1. The fourth-order valence-electron chi connectivity index (χ4n) is 7.81. The van der Waals surface area contributed by atoms with Crippen molar-refractivity contribution >= 4 is 80.5 Å². The second-order valence-electron chi connectivity index (χ2n) is 14.8. The predicted molar refractivity (Wildman–Crippen MR) is 220 cm³/mol. The molecule has 1 aromatic heterocycles. The van der Waals surface area contributed by atoms with E-state index in [9.17, 15) is 29.1 Å². The Bertz CT molecular complexity index is 2230. The summed E-state index contributed by atoms with van der Waals surface area (Å²) in [4.78, 5) is 74.7. The number of carbonyl (C=O) groups excluding carboxylic acids is 5. The van der Waals surface area contributed by atoms with Crippen LogP contribution in [0.2, 0.25) is 5.02 Å². The van der Waals surface area contributed by atoms with E-state index in [0.29, 0.717) is 58.7 Å². The molecular formula is C40H45ClN10O6S. The van der Waals surface area contributed by atoms with Crippen LogP contribution in [0.1, 0.15) is 78.0 Å². The van der Waals surface area contributed by atoms with E-state index in [0.717, 1.165) is 21.6 Å². The molecule has 4 aliphatic heterocycles. The van der Waals surface area contributed by atoms with Crippen LogP contribution in [0.3, 0.4) is 0 Å². The van der Waals surface area contributed by atoms with Crippen LogP contribution in [0.15, 0.2) is 47.5 Å². The highest BCUT2D eigenvalue weighted by Crippen LogP contribution is 2.41. The number of rotatable bonds is 9. The Morgan fingerprint density at radius 1 is 1.03 bits per heavy atom. The predicted octanol–water partition coefficient (Wildman–Crippen LogP) is 3.61. The van der Waals surface area contributed by atoms with E-state index in [1.165, 1.54) is 11.3 Å². The van der Waals surface area contributed by atoms with Gasteiger partial charge in [-0.3, -0.25) is 60.3 Å². The molecule has 2 unspecified atom stereocenters. The zero-order valence-electron chi connectivity index (χ0n) is 32.4. The van der Waals surface area contributed by atoms with E-state index in [-0.39, 0.29) is 73.9 Å². The van der Waals surface area contributed by atoms with Gasteiger partial charge in [0.05, 0.1) is 18.2 Å². The molecular weight excluding hydrogens is 784 g/mol. The number of hydrazine groups is 1. The van der Waals surface area contributed by atoms with E-state index in [1.54, 1.807) is 57.0 Å². The summed E-state index contributed by atoms with van der Waals surface area (Å²) in [5.74, 6) is -1.56. The Kier molecular flexibility index (Phi) is 11.9. The van der Waals surface area contributed by atoms with E-state index in [2.05, 4.69) is 16.1 Å². The number of benzene rings is 2. The number of amidine groups is 2. The van der Waals surface area contributed by atoms with Gasteiger partial charge in [0.1, 0.15) is 28.9 Å². The van der Waals surface area contributed by atoms with Crippen LogP contribution >= 0.6 is 22.9 Å². The lowest BCUT2D eigenvalue weighted by Crippen LogP contribution is -2.55. The summed E-state index contributed by atoms with van der Waals surface area (Å²) in [6, 6.07) is 10.8. The summed E-state index contributed by atoms with van der Waals surface area (Å²) in [5, 5.41) is 36.9. The number of halogens is 1. The molecule has 3 atom stereocenters. The summed E-state index contributed by atoms with van der Waals surface area (Å²) in [6.07, 6.45) is -0.839. The number of aliphatic hydroxyl groups is 1. The van der Waals surface area contributed by atoms with Gasteiger partial charge in [0.25, 0.3) is 0 Å². The molecule has 58 heavy (non-hydrogen) atoms. The molecule has 6 N–H and O–H groups in total. The van der Waals surface area contributed by atoms with Gasteiger partial charge >= 0.3 is 0 Å². The first-order chi connectivity index (χ1) is 27.7. The number of thiophene rings is 1. The summed E-state index contributed by atoms with van der Waals surface area (Å²) in [5.41, 5.74) is 7.87. The molecule has 16 nitrogen and oxygen atoms in total. The van der Waals surface area contributed by atoms with Crippen molar-refractivity contribution in [2.75, 3.05) is 36.4 Å². The Morgan fingerprint density at radius 2 is 1.76 bits per heavy atom. The molecule has 4 aliphatic rings. The number of nitrogens with zero attached hydrogens (tertiary/aromatic N) is 5. The minimum Gasteiger partial charge on any atom is -0.374 e. The van der Waals surface area contributed by atoms with Gasteiger partial charge in [-0.2, -0.15) is 0 Å². The molecule has 2 saturated heterocycles. The third-order valence-corrected chi connectivity index (χ3v) is 12.4.